The molecule has 0 aromatic heterocycles. The Bertz CT molecular complexity index is 268. The zero-order valence-corrected chi connectivity index (χ0v) is 9.59. The van der Waals surface area contributed by atoms with Crippen molar-refractivity contribution in [3.05, 3.63) is 30.3 Å². The van der Waals surface area contributed by atoms with E-state index in [2.05, 4.69) is 37.3 Å². The first kappa shape index (κ1) is 10.1. The van der Waals surface area contributed by atoms with Crippen molar-refractivity contribution >= 4 is 11.8 Å². The van der Waals surface area contributed by atoms with E-state index in [4.69, 9.17) is 0 Å². The third-order valence-electron chi connectivity index (χ3n) is 3.03. The number of hydrogen-bond donors (Lipinski definition) is 0. The minimum Gasteiger partial charge on any atom is -0.126 e. The summed E-state index contributed by atoms with van der Waals surface area (Å²) in [6, 6.07) is 10.8. The molecule has 2 unspecified atom stereocenters. The highest BCUT2D eigenvalue weighted by molar-refractivity contribution is 7.99. The van der Waals surface area contributed by atoms with Gasteiger partial charge in [0.2, 0.25) is 0 Å². The second kappa shape index (κ2) is 4.88. The van der Waals surface area contributed by atoms with Gasteiger partial charge in [-0.15, -0.1) is 11.8 Å². The topological polar surface area (TPSA) is 0 Å². The summed E-state index contributed by atoms with van der Waals surface area (Å²) in [5.74, 6) is 3.25. The maximum atomic E-state index is 2.38. The van der Waals surface area contributed by atoms with Crippen LogP contribution in [0, 0.1) is 11.8 Å². The summed E-state index contributed by atoms with van der Waals surface area (Å²) in [5, 5.41) is 0. The van der Waals surface area contributed by atoms with Gasteiger partial charge in [-0.3, -0.25) is 0 Å². The summed E-state index contributed by atoms with van der Waals surface area (Å²) in [6.45, 7) is 2.38. The van der Waals surface area contributed by atoms with Crippen molar-refractivity contribution in [3.63, 3.8) is 0 Å². The molecule has 1 heteroatoms. The lowest BCUT2D eigenvalue weighted by atomic mass is 10.1. The van der Waals surface area contributed by atoms with Crippen LogP contribution in [0.3, 0.4) is 0 Å². The average Bonchev–Trinajstić information content (AvgIpc) is 2.63. The molecule has 1 saturated carbocycles. The van der Waals surface area contributed by atoms with Crippen molar-refractivity contribution in [2.24, 2.45) is 11.8 Å². The molecule has 0 radical (unpaired) electrons. The molecule has 2 rings (SSSR count). The van der Waals surface area contributed by atoms with Crippen LogP contribution in [0.1, 0.15) is 26.2 Å². The Kier molecular flexibility index (Phi) is 3.52. The Morgan fingerprint density at radius 1 is 1.21 bits per heavy atom. The number of benzene rings is 1. The average molecular weight is 206 g/mol. The molecule has 1 fully saturated rings. The minimum atomic E-state index is 0.968. The third kappa shape index (κ3) is 2.78. The predicted molar refractivity (Wildman–Crippen MR) is 63.7 cm³/mol. The highest BCUT2D eigenvalue weighted by Gasteiger charge is 2.20. The van der Waals surface area contributed by atoms with Crippen LogP contribution in [0.15, 0.2) is 35.2 Å². The molecule has 0 saturated heterocycles. The van der Waals surface area contributed by atoms with Gasteiger partial charge in [0.05, 0.1) is 0 Å². The summed E-state index contributed by atoms with van der Waals surface area (Å²) in [5.41, 5.74) is 0. The van der Waals surface area contributed by atoms with Crippen molar-refractivity contribution in [2.75, 3.05) is 5.75 Å². The minimum absolute atomic E-state index is 0.968. The summed E-state index contributed by atoms with van der Waals surface area (Å²) >= 11 is 2.02. The molecule has 0 aliphatic heterocycles. The van der Waals surface area contributed by atoms with E-state index in [9.17, 15) is 0 Å². The Morgan fingerprint density at radius 2 is 2.00 bits per heavy atom. The van der Waals surface area contributed by atoms with Gasteiger partial charge < -0.3 is 0 Å². The van der Waals surface area contributed by atoms with Gasteiger partial charge in [0.15, 0.2) is 0 Å². The van der Waals surface area contributed by atoms with Gasteiger partial charge in [0, 0.05) is 10.6 Å². The zero-order chi connectivity index (χ0) is 9.80. The fourth-order valence-corrected chi connectivity index (χ4v) is 3.29. The summed E-state index contributed by atoms with van der Waals surface area (Å²) in [6.07, 6.45) is 4.33. The molecule has 0 bridgehead atoms. The first-order chi connectivity index (χ1) is 6.84. The summed E-state index contributed by atoms with van der Waals surface area (Å²) < 4.78 is 0. The quantitative estimate of drug-likeness (QED) is 0.667. The van der Waals surface area contributed by atoms with Gasteiger partial charge in [-0.2, -0.15) is 0 Å². The number of hydrogen-bond acceptors (Lipinski definition) is 1. The molecule has 1 aromatic carbocycles. The fourth-order valence-electron chi connectivity index (χ4n) is 2.21. The Balaban J connectivity index is 1.78. The molecule has 0 amide bonds. The predicted octanol–water partition coefficient (Wildman–Crippen LogP) is 4.21. The lowest BCUT2D eigenvalue weighted by Gasteiger charge is -2.08. The molecule has 0 heterocycles. The maximum absolute atomic E-state index is 2.38. The number of rotatable bonds is 3. The van der Waals surface area contributed by atoms with Crippen LogP contribution in [-0.2, 0) is 0 Å². The molecular formula is C13H18S. The van der Waals surface area contributed by atoms with Crippen LogP contribution in [0.25, 0.3) is 0 Å². The van der Waals surface area contributed by atoms with Gasteiger partial charge in [-0.1, -0.05) is 31.5 Å². The molecule has 0 N–H and O–H groups in total. The maximum Gasteiger partial charge on any atom is 0.00720 e. The molecule has 76 valence electrons. The molecule has 1 aliphatic carbocycles. The van der Waals surface area contributed by atoms with E-state index in [0.717, 1.165) is 11.8 Å². The van der Waals surface area contributed by atoms with Crippen molar-refractivity contribution in [1.29, 1.82) is 0 Å². The fraction of sp³-hybridized carbons (Fsp3) is 0.538. The normalized spacial score (nSPS) is 26.6. The molecular weight excluding hydrogens is 188 g/mol. The standard InChI is InChI=1S/C13H18S/c1-11-7-8-12(9-11)10-14-13-5-3-2-4-6-13/h2-6,11-12H,7-10H2,1H3. The van der Waals surface area contributed by atoms with Crippen LogP contribution >= 0.6 is 11.8 Å². The van der Waals surface area contributed by atoms with E-state index in [-0.39, 0.29) is 0 Å². The zero-order valence-electron chi connectivity index (χ0n) is 8.78. The monoisotopic (exact) mass is 206 g/mol. The van der Waals surface area contributed by atoms with E-state index < -0.39 is 0 Å². The largest absolute Gasteiger partial charge is 0.126 e. The van der Waals surface area contributed by atoms with E-state index >= 15 is 0 Å². The second-order valence-corrected chi connectivity index (χ2v) is 5.50. The highest BCUT2D eigenvalue weighted by atomic mass is 32.2. The first-order valence-corrected chi connectivity index (χ1v) is 6.51. The van der Waals surface area contributed by atoms with E-state index in [1.54, 1.807) is 0 Å². The molecule has 1 aromatic rings. The van der Waals surface area contributed by atoms with Crippen molar-refractivity contribution in [3.8, 4) is 0 Å². The summed E-state index contributed by atoms with van der Waals surface area (Å²) in [4.78, 5) is 1.42. The molecule has 2 atom stereocenters. The van der Waals surface area contributed by atoms with E-state index in [1.807, 2.05) is 11.8 Å². The second-order valence-electron chi connectivity index (χ2n) is 4.41. The lowest BCUT2D eigenvalue weighted by molar-refractivity contribution is 0.561. The van der Waals surface area contributed by atoms with Gasteiger partial charge in [-0.05, 0) is 36.8 Å². The van der Waals surface area contributed by atoms with Crippen LogP contribution in [-0.4, -0.2) is 5.75 Å². The first-order valence-electron chi connectivity index (χ1n) is 5.52. The van der Waals surface area contributed by atoms with Crippen molar-refractivity contribution in [2.45, 2.75) is 31.1 Å². The highest BCUT2D eigenvalue weighted by Crippen LogP contribution is 2.34. The van der Waals surface area contributed by atoms with Gasteiger partial charge in [0.25, 0.3) is 0 Å². The summed E-state index contributed by atoms with van der Waals surface area (Å²) in [7, 11) is 0. The molecule has 0 spiro atoms. The van der Waals surface area contributed by atoms with Crippen LogP contribution in [0.5, 0.6) is 0 Å². The Labute approximate surface area is 91.1 Å². The van der Waals surface area contributed by atoms with Gasteiger partial charge in [-0.25, -0.2) is 0 Å². The number of thioether (sulfide) groups is 1. The third-order valence-corrected chi connectivity index (χ3v) is 4.28. The molecule has 0 nitrogen and oxygen atoms in total. The molecule has 1 aliphatic rings. The van der Waals surface area contributed by atoms with Crippen molar-refractivity contribution in [1.82, 2.24) is 0 Å². The Hall–Kier alpha value is -0.430. The smallest absolute Gasteiger partial charge is 0.00720 e. The van der Waals surface area contributed by atoms with E-state index in [0.29, 0.717) is 0 Å². The lowest BCUT2D eigenvalue weighted by Crippen LogP contribution is -1.97. The Morgan fingerprint density at radius 3 is 2.64 bits per heavy atom. The van der Waals surface area contributed by atoms with Crippen LogP contribution < -0.4 is 0 Å². The van der Waals surface area contributed by atoms with Gasteiger partial charge in [0.1, 0.15) is 0 Å². The van der Waals surface area contributed by atoms with Crippen LogP contribution in [0.4, 0.5) is 0 Å². The van der Waals surface area contributed by atoms with Gasteiger partial charge >= 0.3 is 0 Å². The van der Waals surface area contributed by atoms with Crippen molar-refractivity contribution < 1.29 is 0 Å². The molecule has 14 heavy (non-hydrogen) atoms. The SMILES string of the molecule is CC1CCC(CSc2ccccc2)C1. The van der Waals surface area contributed by atoms with Crippen LogP contribution in [0.2, 0.25) is 0 Å². The van der Waals surface area contributed by atoms with E-state index in [1.165, 1.54) is 29.9 Å².